The topological polar surface area (TPSA) is 72.9 Å². The number of carbonyl (C=O) groups excluding carboxylic acids is 1. The molecule has 2 N–H and O–H groups in total. The zero-order valence-corrected chi connectivity index (χ0v) is 14.1. The Morgan fingerprint density at radius 3 is 2.68 bits per heavy atom. The van der Waals surface area contributed by atoms with E-state index in [-0.39, 0.29) is 19.0 Å². The second-order valence-corrected chi connectivity index (χ2v) is 6.27. The molecular weight excluding hydrogens is 350 g/mol. The van der Waals surface area contributed by atoms with Gasteiger partial charge in [0.05, 0.1) is 17.8 Å². The molecule has 2 rings (SSSR count). The molecule has 0 bridgehead atoms. The van der Waals surface area contributed by atoms with Gasteiger partial charge < -0.3 is 20.2 Å². The van der Waals surface area contributed by atoms with Crippen molar-refractivity contribution in [2.45, 2.75) is 19.3 Å². The van der Waals surface area contributed by atoms with Gasteiger partial charge in [-0.3, -0.25) is 4.79 Å². The lowest BCUT2D eigenvalue weighted by Crippen LogP contribution is -2.33. The summed E-state index contributed by atoms with van der Waals surface area (Å²) in [5, 5.41) is 11.6. The molecule has 6 nitrogen and oxygen atoms in total. The first kappa shape index (κ1) is 16.6. The number of hydrogen-bond acceptors (Lipinski definition) is 3. The van der Waals surface area contributed by atoms with Gasteiger partial charge in [-0.05, 0) is 31.0 Å². The van der Waals surface area contributed by atoms with Gasteiger partial charge in [-0.25, -0.2) is 4.79 Å². The molecule has 7 heteroatoms. The smallest absolute Gasteiger partial charge is 0.321 e. The number of halogens is 1. The fraction of sp³-hybridized carbons (Fsp3) is 0.467. The Balaban J connectivity index is 2.08. The first-order chi connectivity index (χ1) is 10.5. The fourth-order valence-corrected chi connectivity index (χ4v) is 2.78. The number of benzene rings is 1. The number of amides is 2. The maximum absolute atomic E-state index is 12.2. The number of nitrogens with zero attached hydrogens (tertiary/aromatic N) is 2. The third-order valence-corrected chi connectivity index (χ3v) is 4.15. The average Bonchev–Trinajstić information content (AvgIpc) is 2.98. The number of anilines is 2. The molecule has 0 aliphatic carbocycles. The van der Waals surface area contributed by atoms with E-state index in [0.29, 0.717) is 0 Å². The van der Waals surface area contributed by atoms with Crippen LogP contribution in [0.3, 0.4) is 0 Å². The van der Waals surface area contributed by atoms with Crippen LogP contribution in [0, 0.1) is 0 Å². The largest absolute Gasteiger partial charge is 0.481 e. The predicted molar refractivity (Wildman–Crippen MR) is 89.5 cm³/mol. The van der Waals surface area contributed by atoms with E-state index in [1.165, 1.54) is 4.90 Å². The molecule has 1 fully saturated rings. The van der Waals surface area contributed by atoms with E-state index in [0.717, 1.165) is 41.8 Å². The van der Waals surface area contributed by atoms with E-state index < -0.39 is 5.97 Å². The summed E-state index contributed by atoms with van der Waals surface area (Å²) in [4.78, 5) is 26.4. The predicted octanol–water partition coefficient (Wildman–Crippen LogP) is 2.99. The Kier molecular flexibility index (Phi) is 5.65. The number of nitrogens with one attached hydrogen (secondary N) is 1. The third-order valence-electron chi connectivity index (χ3n) is 3.65. The first-order valence-electron chi connectivity index (χ1n) is 7.26. The minimum Gasteiger partial charge on any atom is -0.481 e. The van der Waals surface area contributed by atoms with Crippen LogP contribution in [-0.4, -0.2) is 48.7 Å². The zero-order chi connectivity index (χ0) is 16.1. The Morgan fingerprint density at radius 2 is 2.05 bits per heavy atom. The summed E-state index contributed by atoms with van der Waals surface area (Å²) >= 11 is 3.42. The molecule has 22 heavy (non-hydrogen) atoms. The lowest BCUT2D eigenvalue weighted by atomic mass is 10.2. The van der Waals surface area contributed by atoms with Crippen LogP contribution in [0.1, 0.15) is 19.3 Å². The molecule has 2 amide bonds. The lowest BCUT2D eigenvalue weighted by Gasteiger charge is -2.23. The van der Waals surface area contributed by atoms with Crippen molar-refractivity contribution >= 4 is 39.3 Å². The van der Waals surface area contributed by atoms with E-state index in [1.807, 2.05) is 18.2 Å². The number of carboxylic acids is 1. The molecule has 1 aliphatic rings. The van der Waals surface area contributed by atoms with Crippen molar-refractivity contribution in [2.24, 2.45) is 0 Å². The highest BCUT2D eigenvalue weighted by Gasteiger charge is 2.18. The molecule has 0 spiro atoms. The first-order valence-corrected chi connectivity index (χ1v) is 8.05. The summed E-state index contributed by atoms with van der Waals surface area (Å²) in [5.74, 6) is -0.917. The van der Waals surface area contributed by atoms with Gasteiger partial charge in [0, 0.05) is 31.2 Å². The van der Waals surface area contributed by atoms with Crippen LogP contribution in [0.2, 0.25) is 0 Å². The zero-order valence-electron chi connectivity index (χ0n) is 12.5. The van der Waals surface area contributed by atoms with Gasteiger partial charge in [0.2, 0.25) is 0 Å². The number of rotatable bonds is 5. The molecule has 0 aromatic heterocycles. The molecule has 120 valence electrons. The maximum Gasteiger partial charge on any atom is 0.321 e. The summed E-state index contributed by atoms with van der Waals surface area (Å²) in [6.45, 7) is 2.15. The molecule has 0 unspecified atom stereocenters. The minimum absolute atomic E-state index is 0.0681. The molecule has 0 radical (unpaired) electrons. The van der Waals surface area contributed by atoms with Crippen LogP contribution < -0.4 is 10.2 Å². The normalized spacial score (nSPS) is 14.0. The summed E-state index contributed by atoms with van der Waals surface area (Å²) in [6.07, 6.45) is 2.24. The second-order valence-electron chi connectivity index (χ2n) is 5.35. The van der Waals surface area contributed by atoms with Crippen molar-refractivity contribution in [3.8, 4) is 0 Å². The van der Waals surface area contributed by atoms with E-state index in [1.54, 1.807) is 7.05 Å². The van der Waals surface area contributed by atoms with Gasteiger partial charge in [0.1, 0.15) is 0 Å². The SMILES string of the molecule is CN(CCC(=O)O)C(=O)Nc1cc(Br)ccc1N1CCCC1. The quantitative estimate of drug-likeness (QED) is 0.836. The second kappa shape index (κ2) is 7.49. The van der Waals surface area contributed by atoms with E-state index in [9.17, 15) is 9.59 Å². The number of carboxylic acid groups (broad SMARTS) is 1. The molecule has 0 saturated carbocycles. The highest BCUT2D eigenvalue weighted by Crippen LogP contribution is 2.31. The van der Waals surface area contributed by atoms with Gasteiger partial charge in [0.25, 0.3) is 0 Å². The van der Waals surface area contributed by atoms with Gasteiger partial charge in [-0.1, -0.05) is 15.9 Å². The van der Waals surface area contributed by atoms with Crippen LogP contribution >= 0.6 is 15.9 Å². The number of carbonyl (C=O) groups is 2. The number of aliphatic carboxylic acids is 1. The van der Waals surface area contributed by atoms with Crippen molar-refractivity contribution in [1.29, 1.82) is 0 Å². The Morgan fingerprint density at radius 1 is 1.36 bits per heavy atom. The Hall–Kier alpha value is -1.76. The standard InChI is InChI=1S/C15H20BrN3O3/c1-18(9-6-14(20)21)15(22)17-12-10-11(16)4-5-13(12)19-7-2-3-8-19/h4-5,10H,2-3,6-9H2,1H3,(H,17,22)(H,20,21). The van der Waals surface area contributed by atoms with Crippen LogP contribution in [0.25, 0.3) is 0 Å². The molecule has 0 atom stereocenters. The average molecular weight is 370 g/mol. The van der Waals surface area contributed by atoms with Gasteiger partial charge in [-0.15, -0.1) is 0 Å². The van der Waals surface area contributed by atoms with Crippen molar-refractivity contribution in [3.05, 3.63) is 22.7 Å². The summed E-state index contributed by atoms with van der Waals surface area (Å²) in [7, 11) is 1.59. The van der Waals surface area contributed by atoms with Crippen molar-refractivity contribution < 1.29 is 14.7 Å². The van der Waals surface area contributed by atoms with Crippen LogP contribution in [0.5, 0.6) is 0 Å². The fourth-order valence-electron chi connectivity index (χ4n) is 2.42. The van der Waals surface area contributed by atoms with Crippen molar-refractivity contribution in [3.63, 3.8) is 0 Å². The monoisotopic (exact) mass is 369 g/mol. The number of urea groups is 1. The molecule has 1 heterocycles. The Bertz CT molecular complexity index is 559. The Labute approximate surface area is 138 Å². The lowest BCUT2D eigenvalue weighted by molar-refractivity contribution is -0.137. The van der Waals surface area contributed by atoms with Gasteiger partial charge in [0.15, 0.2) is 0 Å². The molecular formula is C15H20BrN3O3. The van der Waals surface area contributed by atoms with Crippen molar-refractivity contribution in [2.75, 3.05) is 36.9 Å². The van der Waals surface area contributed by atoms with E-state index in [4.69, 9.17) is 5.11 Å². The van der Waals surface area contributed by atoms with E-state index >= 15 is 0 Å². The third kappa shape index (κ3) is 4.37. The molecule has 1 aromatic carbocycles. The van der Waals surface area contributed by atoms with Crippen LogP contribution in [0.15, 0.2) is 22.7 Å². The van der Waals surface area contributed by atoms with Crippen LogP contribution in [0.4, 0.5) is 16.2 Å². The summed E-state index contributed by atoms with van der Waals surface area (Å²) in [6, 6.07) is 5.51. The van der Waals surface area contributed by atoms with E-state index in [2.05, 4.69) is 26.1 Å². The molecule has 1 aromatic rings. The van der Waals surface area contributed by atoms with Crippen molar-refractivity contribution in [1.82, 2.24) is 4.90 Å². The summed E-state index contributed by atoms with van der Waals surface area (Å²) in [5.41, 5.74) is 1.74. The summed E-state index contributed by atoms with van der Waals surface area (Å²) < 4.78 is 0.888. The highest BCUT2D eigenvalue weighted by atomic mass is 79.9. The van der Waals surface area contributed by atoms with Crippen LogP contribution in [-0.2, 0) is 4.79 Å². The van der Waals surface area contributed by atoms with Gasteiger partial charge in [-0.2, -0.15) is 0 Å². The maximum atomic E-state index is 12.2. The minimum atomic E-state index is -0.917. The highest BCUT2D eigenvalue weighted by molar-refractivity contribution is 9.10. The van der Waals surface area contributed by atoms with Gasteiger partial charge >= 0.3 is 12.0 Å². The molecule has 1 aliphatic heterocycles. The molecule has 1 saturated heterocycles. The number of hydrogen-bond donors (Lipinski definition) is 2.